The number of carbonyl (C=O) groups excluding carboxylic acids is 1. The maximum absolute atomic E-state index is 11.1. The van der Waals surface area contributed by atoms with Crippen molar-refractivity contribution in [1.82, 2.24) is 4.98 Å². The normalized spacial score (nSPS) is 11.4. The van der Waals surface area contributed by atoms with Crippen molar-refractivity contribution < 1.29 is 17.4 Å². The fourth-order valence-electron chi connectivity index (χ4n) is 1.53. The number of fused-ring (bicyclic) bond motifs is 1. The number of benzene rings is 1. The summed E-state index contributed by atoms with van der Waals surface area (Å²) in [6.45, 7) is 0. The van der Waals surface area contributed by atoms with Crippen molar-refractivity contribution >= 4 is 27.2 Å². The molecule has 0 amide bonds. The number of nitrogens with zero attached hydrogens (tertiary/aromatic N) is 1. The summed E-state index contributed by atoms with van der Waals surface area (Å²) in [4.78, 5) is 14.7. The monoisotopic (exact) mass is 251 g/mol. The van der Waals surface area contributed by atoms with E-state index in [4.69, 9.17) is 4.18 Å². The van der Waals surface area contributed by atoms with E-state index in [1.807, 2.05) is 0 Å². The molecular formula is C11H9NO4S. The molecule has 1 heterocycles. The zero-order chi connectivity index (χ0) is 12.5. The van der Waals surface area contributed by atoms with Gasteiger partial charge in [0.1, 0.15) is 5.69 Å². The van der Waals surface area contributed by atoms with Gasteiger partial charge in [-0.15, -0.1) is 0 Å². The van der Waals surface area contributed by atoms with Crippen molar-refractivity contribution in [3.63, 3.8) is 0 Å². The highest BCUT2D eigenvalue weighted by atomic mass is 32.2. The molecule has 1 aromatic heterocycles. The van der Waals surface area contributed by atoms with E-state index in [0.717, 1.165) is 6.26 Å². The van der Waals surface area contributed by atoms with Gasteiger partial charge >= 0.3 is 10.1 Å². The summed E-state index contributed by atoms with van der Waals surface area (Å²) in [5.74, 6) is 0.190. The Kier molecular flexibility index (Phi) is 2.81. The molecule has 2 aromatic rings. The zero-order valence-electron chi connectivity index (χ0n) is 8.95. The Bertz CT molecular complexity index is 679. The third kappa shape index (κ3) is 2.42. The summed E-state index contributed by atoms with van der Waals surface area (Å²) in [7, 11) is -3.60. The van der Waals surface area contributed by atoms with Crippen LogP contribution in [0.25, 0.3) is 10.8 Å². The second kappa shape index (κ2) is 4.14. The molecule has 0 saturated carbocycles. The van der Waals surface area contributed by atoms with Crippen molar-refractivity contribution in [2.24, 2.45) is 0 Å². The Morgan fingerprint density at radius 1 is 1.24 bits per heavy atom. The zero-order valence-corrected chi connectivity index (χ0v) is 9.77. The number of pyridine rings is 1. The minimum atomic E-state index is -3.60. The molecule has 5 nitrogen and oxygen atoms in total. The summed E-state index contributed by atoms with van der Waals surface area (Å²) >= 11 is 0. The Hall–Kier alpha value is -1.95. The molecule has 0 aliphatic rings. The lowest BCUT2D eigenvalue weighted by Crippen LogP contribution is -2.06. The van der Waals surface area contributed by atoms with Crippen LogP contribution >= 0.6 is 0 Å². The van der Waals surface area contributed by atoms with Crippen molar-refractivity contribution in [1.29, 1.82) is 0 Å². The average molecular weight is 251 g/mol. The maximum atomic E-state index is 11.1. The Balaban J connectivity index is 2.70. The van der Waals surface area contributed by atoms with Crippen LogP contribution in [0.4, 0.5) is 0 Å². The van der Waals surface area contributed by atoms with Gasteiger partial charge in [0.05, 0.1) is 6.26 Å². The molecule has 0 N–H and O–H groups in total. The summed E-state index contributed by atoms with van der Waals surface area (Å²) in [6, 6.07) is 6.42. The minimum absolute atomic E-state index is 0.190. The van der Waals surface area contributed by atoms with Crippen LogP contribution in [0.1, 0.15) is 10.5 Å². The molecule has 0 fully saturated rings. The van der Waals surface area contributed by atoms with Crippen LogP contribution in [0.3, 0.4) is 0 Å². The number of aromatic nitrogens is 1. The topological polar surface area (TPSA) is 73.3 Å². The quantitative estimate of drug-likeness (QED) is 0.608. The average Bonchev–Trinajstić information content (AvgIpc) is 2.27. The third-order valence-electron chi connectivity index (χ3n) is 2.15. The molecule has 0 saturated heterocycles. The molecule has 17 heavy (non-hydrogen) atoms. The van der Waals surface area contributed by atoms with Gasteiger partial charge in [-0.25, -0.2) is 0 Å². The molecule has 0 spiro atoms. The van der Waals surface area contributed by atoms with Crippen molar-refractivity contribution in [3.05, 3.63) is 36.2 Å². The van der Waals surface area contributed by atoms with Gasteiger partial charge in [-0.1, -0.05) is 12.1 Å². The maximum Gasteiger partial charge on any atom is 0.306 e. The van der Waals surface area contributed by atoms with Gasteiger partial charge in [0, 0.05) is 17.0 Å². The van der Waals surface area contributed by atoms with Gasteiger partial charge in [0.15, 0.2) is 12.0 Å². The fraction of sp³-hybridized carbons (Fsp3) is 0.0909. The van der Waals surface area contributed by atoms with Gasteiger partial charge in [-0.3, -0.25) is 9.78 Å². The Morgan fingerprint density at radius 2 is 2.00 bits per heavy atom. The molecular weight excluding hydrogens is 242 g/mol. The molecule has 0 aliphatic carbocycles. The minimum Gasteiger partial charge on any atom is -0.382 e. The highest BCUT2D eigenvalue weighted by molar-refractivity contribution is 7.86. The third-order valence-corrected chi connectivity index (χ3v) is 2.63. The molecule has 2 rings (SSSR count). The van der Waals surface area contributed by atoms with Crippen molar-refractivity contribution in [2.45, 2.75) is 0 Å². The first-order valence-corrected chi connectivity index (χ1v) is 6.55. The predicted octanol–water partition coefficient (Wildman–Crippen LogP) is 1.39. The SMILES string of the molecule is CS(=O)(=O)Oc1cccc2c(C=O)nccc12. The molecule has 0 bridgehead atoms. The van der Waals surface area contributed by atoms with Crippen LogP contribution in [0.15, 0.2) is 30.5 Å². The molecule has 0 aliphatic heterocycles. The molecule has 0 unspecified atom stereocenters. The van der Waals surface area contributed by atoms with E-state index in [1.54, 1.807) is 18.2 Å². The number of rotatable bonds is 3. The highest BCUT2D eigenvalue weighted by Gasteiger charge is 2.10. The standard InChI is InChI=1S/C11H9NO4S/c1-17(14,15)16-11-4-2-3-8-9(11)5-6-12-10(8)7-13/h2-7H,1H3. The predicted molar refractivity (Wildman–Crippen MR) is 62.6 cm³/mol. The number of carbonyl (C=O) groups is 1. The van der Waals surface area contributed by atoms with Gasteiger partial charge in [-0.05, 0) is 12.1 Å². The summed E-state index contributed by atoms with van der Waals surface area (Å²) in [5.41, 5.74) is 0.251. The Morgan fingerprint density at radius 3 is 2.65 bits per heavy atom. The van der Waals surface area contributed by atoms with Crippen molar-refractivity contribution in [2.75, 3.05) is 6.26 Å². The molecule has 6 heteroatoms. The molecule has 1 aromatic carbocycles. The van der Waals surface area contributed by atoms with Crippen LogP contribution in [-0.2, 0) is 10.1 Å². The van der Waals surface area contributed by atoms with Gasteiger partial charge in [0.25, 0.3) is 0 Å². The fourth-order valence-corrected chi connectivity index (χ4v) is 2.00. The van der Waals surface area contributed by atoms with E-state index in [9.17, 15) is 13.2 Å². The second-order valence-corrected chi connectivity index (χ2v) is 5.03. The van der Waals surface area contributed by atoms with Gasteiger partial charge < -0.3 is 4.18 Å². The first kappa shape index (κ1) is 11.5. The largest absolute Gasteiger partial charge is 0.382 e. The lowest BCUT2D eigenvalue weighted by Gasteiger charge is -2.07. The van der Waals surface area contributed by atoms with Crippen LogP contribution in [-0.4, -0.2) is 25.9 Å². The van der Waals surface area contributed by atoms with E-state index in [-0.39, 0.29) is 11.4 Å². The molecule has 88 valence electrons. The van der Waals surface area contributed by atoms with Crippen molar-refractivity contribution in [3.8, 4) is 5.75 Å². The van der Waals surface area contributed by atoms with E-state index in [2.05, 4.69) is 4.98 Å². The van der Waals surface area contributed by atoms with Gasteiger partial charge in [-0.2, -0.15) is 8.42 Å². The number of hydrogen-bond acceptors (Lipinski definition) is 5. The van der Waals surface area contributed by atoms with E-state index < -0.39 is 10.1 Å². The Labute approximate surface area is 98.2 Å². The van der Waals surface area contributed by atoms with Gasteiger partial charge in [0.2, 0.25) is 0 Å². The van der Waals surface area contributed by atoms with Crippen LogP contribution in [0.2, 0.25) is 0 Å². The first-order chi connectivity index (χ1) is 8.01. The highest BCUT2D eigenvalue weighted by Crippen LogP contribution is 2.27. The summed E-state index contributed by atoms with van der Waals surface area (Å²) in [5, 5.41) is 1.10. The lowest BCUT2D eigenvalue weighted by molar-refractivity contribution is 0.112. The summed E-state index contributed by atoms with van der Waals surface area (Å²) < 4.78 is 27.0. The number of hydrogen-bond donors (Lipinski definition) is 0. The van der Waals surface area contributed by atoms with E-state index >= 15 is 0 Å². The van der Waals surface area contributed by atoms with E-state index in [1.165, 1.54) is 12.3 Å². The number of aldehydes is 1. The van der Waals surface area contributed by atoms with Crippen LogP contribution < -0.4 is 4.18 Å². The smallest absolute Gasteiger partial charge is 0.306 e. The lowest BCUT2D eigenvalue weighted by atomic mass is 10.1. The summed E-state index contributed by atoms with van der Waals surface area (Å²) in [6.07, 6.45) is 3.02. The molecule has 0 atom stereocenters. The molecule has 0 radical (unpaired) electrons. The van der Waals surface area contributed by atoms with E-state index in [0.29, 0.717) is 17.1 Å². The first-order valence-electron chi connectivity index (χ1n) is 4.73. The van der Waals surface area contributed by atoms with Crippen LogP contribution in [0, 0.1) is 0 Å². The second-order valence-electron chi connectivity index (χ2n) is 3.45. The van der Waals surface area contributed by atoms with Crippen LogP contribution in [0.5, 0.6) is 5.75 Å².